The first kappa shape index (κ1) is 21.8. The summed E-state index contributed by atoms with van der Waals surface area (Å²) in [6, 6.07) is 6.10. The molecule has 29 heavy (non-hydrogen) atoms. The van der Waals surface area contributed by atoms with Crippen LogP contribution in [-0.2, 0) is 9.59 Å². The van der Waals surface area contributed by atoms with Crippen LogP contribution in [0, 0.1) is 25.7 Å². The molecule has 1 aromatic rings. The van der Waals surface area contributed by atoms with Crippen molar-refractivity contribution in [2.45, 2.75) is 34.1 Å². The minimum atomic E-state index is 0.0273. The molecule has 0 radical (unpaired) electrons. The molecule has 0 bridgehead atoms. The van der Waals surface area contributed by atoms with Crippen LogP contribution in [-0.4, -0.2) is 78.9 Å². The Labute approximate surface area is 175 Å². The average molecular weight is 401 g/mol. The van der Waals surface area contributed by atoms with E-state index >= 15 is 0 Å². The Kier molecular flexibility index (Phi) is 7.30. The van der Waals surface area contributed by atoms with E-state index in [0.717, 1.165) is 56.1 Å². The molecule has 3 rings (SSSR count). The number of rotatable bonds is 5. The molecule has 0 unspecified atom stereocenters. The minimum Gasteiger partial charge on any atom is -0.341 e. The van der Waals surface area contributed by atoms with Gasteiger partial charge in [-0.2, -0.15) is 0 Å². The highest BCUT2D eigenvalue weighted by Crippen LogP contribution is 2.21. The monoisotopic (exact) mass is 400 g/mol. The second-order valence-corrected chi connectivity index (χ2v) is 9.16. The summed E-state index contributed by atoms with van der Waals surface area (Å²) in [7, 11) is 0. The number of carbonyl (C=O) groups excluding carboxylic acids is 2. The number of nitrogens with one attached hydrogen (secondary N) is 1. The van der Waals surface area contributed by atoms with Gasteiger partial charge in [0.15, 0.2) is 0 Å². The number of amides is 2. The predicted octanol–water partition coefficient (Wildman–Crippen LogP) is 2.36. The number of nitrogens with zero attached hydrogens (tertiary/aromatic N) is 3. The van der Waals surface area contributed by atoms with Gasteiger partial charge in [0, 0.05) is 45.0 Å². The second kappa shape index (κ2) is 9.72. The van der Waals surface area contributed by atoms with Gasteiger partial charge in [-0.25, -0.2) is 0 Å². The van der Waals surface area contributed by atoms with Gasteiger partial charge >= 0.3 is 0 Å². The van der Waals surface area contributed by atoms with E-state index in [4.69, 9.17) is 0 Å². The molecule has 160 valence electrons. The maximum absolute atomic E-state index is 12.7. The number of hydrogen-bond acceptors (Lipinski definition) is 4. The number of likely N-dealkylation sites (tertiary alicyclic amines) is 1. The molecular formula is C23H36N4O2. The van der Waals surface area contributed by atoms with E-state index in [0.29, 0.717) is 24.9 Å². The summed E-state index contributed by atoms with van der Waals surface area (Å²) >= 11 is 0. The lowest BCUT2D eigenvalue weighted by molar-refractivity contribution is -0.135. The van der Waals surface area contributed by atoms with Crippen molar-refractivity contribution >= 4 is 17.5 Å². The zero-order valence-electron chi connectivity index (χ0n) is 18.4. The Morgan fingerprint density at radius 3 is 2.17 bits per heavy atom. The Morgan fingerprint density at radius 1 is 0.966 bits per heavy atom. The highest BCUT2D eigenvalue weighted by molar-refractivity contribution is 5.93. The molecule has 0 saturated carbocycles. The quantitative estimate of drug-likeness (QED) is 0.824. The summed E-state index contributed by atoms with van der Waals surface area (Å²) < 4.78 is 0. The first-order chi connectivity index (χ1) is 13.8. The number of hydrogen-bond donors (Lipinski definition) is 1. The first-order valence-corrected chi connectivity index (χ1v) is 10.9. The van der Waals surface area contributed by atoms with Crippen molar-refractivity contribution in [1.29, 1.82) is 0 Å². The summed E-state index contributed by atoms with van der Waals surface area (Å²) in [5, 5.41) is 3.04. The molecule has 6 heteroatoms. The maximum atomic E-state index is 12.7. The molecule has 1 N–H and O–H groups in total. The lowest BCUT2D eigenvalue weighted by Crippen LogP contribution is -2.52. The molecular weight excluding hydrogens is 364 g/mol. The van der Waals surface area contributed by atoms with Gasteiger partial charge in [0.05, 0.1) is 13.1 Å². The smallest absolute Gasteiger partial charge is 0.238 e. The second-order valence-electron chi connectivity index (χ2n) is 9.16. The normalized spacial score (nSPS) is 23.8. The minimum absolute atomic E-state index is 0.0273. The van der Waals surface area contributed by atoms with Crippen LogP contribution in [0.1, 0.15) is 31.4 Å². The largest absolute Gasteiger partial charge is 0.341 e. The third-order valence-electron chi connectivity index (χ3n) is 6.08. The molecule has 0 aliphatic carbocycles. The van der Waals surface area contributed by atoms with Crippen LogP contribution < -0.4 is 5.32 Å². The number of benzene rings is 1. The summed E-state index contributed by atoms with van der Waals surface area (Å²) in [5.41, 5.74) is 3.11. The number of aryl methyl sites for hydroxylation is 2. The van der Waals surface area contributed by atoms with Crippen molar-refractivity contribution < 1.29 is 9.59 Å². The van der Waals surface area contributed by atoms with Gasteiger partial charge in [-0.05, 0) is 49.3 Å². The molecule has 2 saturated heterocycles. The zero-order valence-corrected chi connectivity index (χ0v) is 18.4. The lowest BCUT2D eigenvalue weighted by atomic mass is 9.92. The molecule has 2 aliphatic rings. The third kappa shape index (κ3) is 6.28. The van der Waals surface area contributed by atoms with E-state index in [9.17, 15) is 9.59 Å². The fourth-order valence-corrected chi connectivity index (χ4v) is 4.53. The SMILES string of the molecule is Cc1ccc(C)c(NC(=O)CN2CCN(CC(=O)N3C[C@@H](C)C[C@H](C)C3)CC2)c1. The van der Waals surface area contributed by atoms with E-state index in [2.05, 4.69) is 35.0 Å². The van der Waals surface area contributed by atoms with Gasteiger partial charge in [-0.1, -0.05) is 26.0 Å². The number of anilines is 1. The van der Waals surface area contributed by atoms with Gasteiger partial charge in [0.1, 0.15) is 0 Å². The van der Waals surface area contributed by atoms with E-state index in [-0.39, 0.29) is 11.8 Å². The Hall–Kier alpha value is -1.92. The van der Waals surface area contributed by atoms with E-state index in [1.54, 1.807) is 0 Å². The van der Waals surface area contributed by atoms with Crippen LogP contribution in [0.15, 0.2) is 18.2 Å². The van der Waals surface area contributed by atoms with Crippen molar-refractivity contribution in [2.75, 3.05) is 57.7 Å². The van der Waals surface area contributed by atoms with Crippen molar-refractivity contribution in [2.24, 2.45) is 11.8 Å². The molecule has 2 aliphatic heterocycles. The van der Waals surface area contributed by atoms with Crippen LogP contribution >= 0.6 is 0 Å². The molecule has 2 amide bonds. The lowest BCUT2D eigenvalue weighted by Gasteiger charge is -2.38. The standard InChI is InChI=1S/C23H36N4O2/c1-17-5-6-20(4)21(12-17)24-22(28)15-25-7-9-26(10-8-25)16-23(29)27-13-18(2)11-19(3)14-27/h5-6,12,18-19H,7-11,13-16H2,1-4H3,(H,24,28)/t18-,19-/m0/s1. The van der Waals surface area contributed by atoms with Crippen molar-refractivity contribution in [3.63, 3.8) is 0 Å². The number of carbonyl (C=O) groups is 2. The fraction of sp³-hybridized carbons (Fsp3) is 0.652. The van der Waals surface area contributed by atoms with Crippen LogP contribution in [0.4, 0.5) is 5.69 Å². The molecule has 6 nitrogen and oxygen atoms in total. The zero-order chi connectivity index (χ0) is 21.0. The van der Waals surface area contributed by atoms with Crippen LogP contribution in [0.3, 0.4) is 0 Å². The van der Waals surface area contributed by atoms with Crippen molar-refractivity contribution in [3.05, 3.63) is 29.3 Å². The van der Waals surface area contributed by atoms with Crippen LogP contribution in [0.2, 0.25) is 0 Å². The summed E-state index contributed by atoms with van der Waals surface area (Å²) in [5.74, 6) is 1.47. The molecule has 2 atom stereocenters. The fourth-order valence-electron chi connectivity index (χ4n) is 4.53. The van der Waals surface area contributed by atoms with Crippen molar-refractivity contribution in [1.82, 2.24) is 14.7 Å². The molecule has 2 fully saturated rings. The van der Waals surface area contributed by atoms with Gasteiger partial charge in [-0.3, -0.25) is 19.4 Å². The van der Waals surface area contributed by atoms with E-state index < -0.39 is 0 Å². The topological polar surface area (TPSA) is 55.9 Å². The van der Waals surface area contributed by atoms with Gasteiger partial charge in [-0.15, -0.1) is 0 Å². The summed E-state index contributed by atoms with van der Waals surface area (Å²) in [4.78, 5) is 31.6. The average Bonchev–Trinajstić information content (AvgIpc) is 2.65. The summed E-state index contributed by atoms with van der Waals surface area (Å²) in [6.45, 7) is 14.5. The Morgan fingerprint density at radius 2 is 1.55 bits per heavy atom. The van der Waals surface area contributed by atoms with Crippen molar-refractivity contribution in [3.8, 4) is 0 Å². The molecule has 2 heterocycles. The first-order valence-electron chi connectivity index (χ1n) is 10.9. The molecule has 0 spiro atoms. The van der Waals surface area contributed by atoms with Crippen LogP contribution in [0.25, 0.3) is 0 Å². The van der Waals surface area contributed by atoms with E-state index in [1.165, 1.54) is 6.42 Å². The van der Waals surface area contributed by atoms with E-state index in [1.807, 2.05) is 30.9 Å². The maximum Gasteiger partial charge on any atom is 0.238 e. The highest BCUT2D eigenvalue weighted by atomic mass is 16.2. The Bertz CT molecular complexity index is 718. The predicted molar refractivity (Wildman–Crippen MR) is 117 cm³/mol. The third-order valence-corrected chi connectivity index (χ3v) is 6.08. The van der Waals surface area contributed by atoms with Gasteiger partial charge in [0.2, 0.25) is 11.8 Å². The highest BCUT2D eigenvalue weighted by Gasteiger charge is 2.27. The Balaban J connectivity index is 1.41. The molecule has 0 aromatic heterocycles. The molecule has 1 aromatic carbocycles. The number of piperazine rings is 1. The van der Waals surface area contributed by atoms with Gasteiger partial charge in [0.25, 0.3) is 0 Å². The number of piperidine rings is 1. The van der Waals surface area contributed by atoms with Crippen LogP contribution in [0.5, 0.6) is 0 Å². The van der Waals surface area contributed by atoms with Gasteiger partial charge < -0.3 is 10.2 Å². The summed E-state index contributed by atoms with van der Waals surface area (Å²) in [6.07, 6.45) is 1.21.